The molecule has 0 radical (unpaired) electrons. The van der Waals surface area contributed by atoms with Crippen molar-refractivity contribution in [3.8, 4) is 10.6 Å². The van der Waals surface area contributed by atoms with Crippen LogP contribution in [0.25, 0.3) is 10.6 Å². The third kappa shape index (κ3) is 3.23. The fourth-order valence-corrected chi connectivity index (χ4v) is 3.18. The molecule has 0 saturated heterocycles. The van der Waals surface area contributed by atoms with Crippen LogP contribution in [0, 0.1) is 6.92 Å². The maximum absolute atomic E-state index is 12.6. The van der Waals surface area contributed by atoms with Gasteiger partial charge in [-0.2, -0.15) is 10.2 Å². The fraction of sp³-hybridized carbons (Fsp3) is 0.312. The van der Waals surface area contributed by atoms with E-state index in [0.29, 0.717) is 21.3 Å². The van der Waals surface area contributed by atoms with Crippen molar-refractivity contribution < 1.29 is 14.7 Å². The number of nitrogens with one attached hydrogen (secondary N) is 1. The molecule has 0 fully saturated rings. The summed E-state index contributed by atoms with van der Waals surface area (Å²) >= 11 is 1.27. The Morgan fingerprint density at radius 3 is 2.58 bits per heavy atom. The molecule has 26 heavy (non-hydrogen) atoms. The Hall–Kier alpha value is -3.01. The number of nitrogens with zero attached hydrogens (tertiary/aromatic N) is 5. The zero-order valence-electron chi connectivity index (χ0n) is 14.7. The van der Waals surface area contributed by atoms with Crippen molar-refractivity contribution in [2.45, 2.75) is 26.3 Å². The Morgan fingerprint density at radius 1 is 1.23 bits per heavy atom. The van der Waals surface area contributed by atoms with Gasteiger partial charge in [-0.25, -0.2) is 9.78 Å². The molecule has 0 saturated carbocycles. The van der Waals surface area contributed by atoms with E-state index in [2.05, 4.69) is 20.5 Å². The molecule has 0 aromatic carbocycles. The van der Waals surface area contributed by atoms with E-state index in [1.807, 2.05) is 13.2 Å². The molecule has 136 valence electrons. The molecule has 2 N–H and O–H groups in total. The van der Waals surface area contributed by atoms with E-state index in [1.54, 1.807) is 17.8 Å². The zero-order valence-corrected chi connectivity index (χ0v) is 15.5. The molecular weight excluding hydrogens is 356 g/mol. The topological polar surface area (TPSA) is 115 Å². The number of hydrogen-bond donors (Lipinski definition) is 2. The first kappa shape index (κ1) is 17.8. The number of aryl methyl sites for hydroxylation is 2. The lowest BCUT2D eigenvalue weighted by Gasteiger charge is -2.19. The molecule has 0 aliphatic rings. The number of thiazole rings is 1. The number of carboxylic acid groups (broad SMARTS) is 1. The Morgan fingerprint density at radius 2 is 1.96 bits per heavy atom. The maximum atomic E-state index is 12.6. The third-order valence-electron chi connectivity index (χ3n) is 3.89. The van der Waals surface area contributed by atoms with Crippen molar-refractivity contribution in [2.75, 3.05) is 5.32 Å². The molecule has 10 heteroatoms. The highest BCUT2D eigenvalue weighted by Gasteiger charge is 2.30. The summed E-state index contributed by atoms with van der Waals surface area (Å²) in [4.78, 5) is 28.8. The predicted octanol–water partition coefficient (Wildman–Crippen LogP) is 2.12. The third-order valence-corrected chi connectivity index (χ3v) is 5.10. The molecule has 3 aromatic heterocycles. The smallest absolute Gasteiger partial charge is 0.331 e. The molecular formula is C16H18N6O3S. The monoisotopic (exact) mass is 374 g/mol. The van der Waals surface area contributed by atoms with E-state index < -0.39 is 11.5 Å². The first-order valence-electron chi connectivity index (χ1n) is 7.75. The number of carbonyl (C=O) groups is 2. The Kier molecular flexibility index (Phi) is 4.36. The average Bonchev–Trinajstić information content (AvgIpc) is 3.27. The van der Waals surface area contributed by atoms with E-state index in [0.717, 1.165) is 5.56 Å². The molecule has 0 aliphatic carbocycles. The van der Waals surface area contributed by atoms with Gasteiger partial charge in [0.1, 0.15) is 9.88 Å². The minimum atomic E-state index is -1.21. The van der Waals surface area contributed by atoms with Crippen LogP contribution in [0.2, 0.25) is 0 Å². The molecule has 3 rings (SSSR count). The van der Waals surface area contributed by atoms with Crippen LogP contribution in [0.1, 0.15) is 29.2 Å². The maximum Gasteiger partial charge on any atom is 0.331 e. The van der Waals surface area contributed by atoms with E-state index in [4.69, 9.17) is 0 Å². The average molecular weight is 374 g/mol. The highest BCUT2D eigenvalue weighted by molar-refractivity contribution is 7.17. The Bertz CT molecular complexity index is 984. The molecule has 0 bridgehead atoms. The van der Waals surface area contributed by atoms with E-state index in [9.17, 15) is 14.7 Å². The van der Waals surface area contributed by atoms with Crippen LogP contribution in [0.4, 0.5) is 5.69 Å². The van der Waals surface area contributed by atoms with Crippen molar-refractivity contribution >= 4 is 28.9 Å². The van der Waals surface area contributed by atoms with Crippen molar-refractivity contribution in [1.82, 2.24) is 24.5 Å². The number of amides is 1. The first-order valence-corrected chi connectivity index (χ1v) is 8.56. The van der Waals surface area contributed by atoms with Crippen LogP contribution in [0.15, 0.2) is 24.8 Å². The van der Waals surface area contributed by atoms with Gasteiger partial charge in [-0.3, -0.25) is 14.2 Å². The van der Waals surface area contributed by atoms with E-state index in [-0.39, 0.29) is 5.91 Å². The standard InChI is InChI=1S/C16H18N6O3S/c1-9-12(26-14(19-9)10-5-17-21(4)7-10)13(23)20-11-6-18-22(8-11)16(2,3)15(24)25/h5-8H,1-4H3,(H,20,23)(H,24,25). The summed E-state index contributed by atoms with van der Waals surface area (Å²) in [6, 6.07) is 0. The van der Waals surface area contributed by atoms with E-state index >= 15 is 0 Å². The first-order chi connectivity index (χ1) is 12.2. The molecule has 9 nitrogen and oxygen atoms in total. The summed E-state index contributed by atoms with van der Waals surface area (Å²) in [7, 11) is 1.81. The SMILES string of the molecule is Cc1nc(-c2cnn(C)c2)sc1C(=O)Nc1cnn(C(C)(C)C(=O)O)c1. The lowest BCUT2D eigenvalue weighted by atomic mass is 10.1. The normalized spacial score (nSPS) is 11.5. The molecule has 0 spiro atoms. The molecule has 3 aromatic rings. The molecule has 0 unspecified atom stereocenters. The van der Waals surface area contributed by atoms with Gasteiger partial charge in [0.2, 0.25) is 0 Å². The largest absolute Gasteiger partial charge is 0.479 e. The van der Waals surface area contributed by atoms with Crippen LogP contribution in [-0.2, 0) is 17.4 Å². The van der Waals surface area contributed by atoms with Crippen LogP contribution in [-0.4, -0.2) is 41.5 Å². The molecule has 1 amide bonds. The van der Waals surface area contributed by atoms with Crippen LogP contribution in [0.5, 0.6) is 0 Å². The summed E-state index contributed by atoms with van der Waals surface area (Å²) in [5, 5.41) is 20.8. The number of hydrogen-bond acceptors (Lipinski definition) is 6. The summed E-state index contributed by atoms with van der Waals surface area (Å²) < 4.78 is 2.97. The number of carboxylic acids is 1. The summed E-state index contributed by atoms with van der Waals surface area (Å²) in [5.74, 6) is -1.33. The molecule has 3 heterocycles. The van der Waals surface area contributed by atoms with Crippen LogP contribution >= 0.6 is 11.3 Å². The predicted molar refractivity (Wildman–Crippen MR) is 96.2 cm³/mol. The number of carbonyl (C=O) groups excluding carboxylic acids is 1. The minimum absolute atomic E-state index is 0.317. The van der Waals surface area contributed by atoms with Gasteiger partial charge < -0.3 is 10.4 Å². The van der Waals surface area contributed by atoms with E-state index in [1.165, 1.54) is 42.3 Å². The van der Waals surface area contributed by atoms with Crippen molar-refractivity contribution in [1.29, 1.82) is 0 Å². The second kappa shape index (κ2) is 6.37. The highest BCUT2D eigenvalue weighted by atomic mass is 32.1. The van der Waals surface area contributed by atoms with Crippen molar-refractivity contribution in [3.05, 3.63) is 35.4 Å². The number of aromatic nitrogens is 5. The van der Waals surface area contributed by atoms with Gasteiger partial charge in [-0.1, -0.05) is 0 Å². The zero-order chi connectivity index (χ0) is 19.1. The summed E-state index contributed by atoms with van der Waals surface area (Å²) in [5.41, 5.74) is 0.664. The molecule has 0 aliphatic heterocycles. The van der Waals surface area contributed by atoms with Gasteiger partial charge in [0.05, 0.1) is 23.8 Å². The van der Waals surface area contributed by atoms with Crippen molar-refractivity contribution in [2.24, 2.45) is 7.05 Å². The van der Waals surface area contributed by atoms with Gasteiger partial charge in [-0.15, -0.1) is 11.3 Å². The van der Waals surface area contributed by atoms with Gasteiger partial charge in [0.25, 0.3) is 5.91 Å². The quantitative estimate of drug-likeness (QED) is 0.707. The molecule has 0 atom stereocenters. The van der Waals surface area contributed by atoms with Gasteiger partial charge in [-0.05, 0) is 20.8 Å². The minimum Gasteiger partial charge on any atom is -0.479 e. The fourth-order valence-electron chi connectivity index (χ4n) is 2.24. The Labute approximate surface area is 153 Å². The second-order valence-electron chi connectivity index (χ2n) is 6.33. The number of anilines is 1. The number of aliphatic carboxylic acids is 1. The summed E-state index contributed by atoms with van der Waals surface area (Å²) in [6.07, 6.45) is 6.43. The van der Waals surface area contributed by atoms with Crippen molar-refractivity contribution in [3.63, 3.8) is 0 Å². The number of rotatable bonds is 5. The van der Waals surface area contributed by atoms with Crippen LogP contribution in [0.3, 0.4) is 0 Å². The highest BCUT2D eigenvalue weighted by Crippen LogP contribution is 2.28. The second-order valence-corrected chi connectivity index (χ2v) is 7.33. The van der Waals surface area contributed by atoms with Gasteiger partial charge in [0.15, 0.2) is 5.54 Å². The van der Waals surface area contributed by atoms with Gasteiger partial charge >= 0.3 is 5.97 Å². The van der Waals surface area contributed by atoms with Crippen LogP contribution < -0.4 is 5.32 Å². The Balaban J connectivity index is 1.80. The summed E-state index contributed by atoms with van der Waals surface area (Å²) in [6.45, 7) is 4.82. The lowest BCUT2D eigenvalue weighted by Crippen LogP contribution is -2.35. The van der Waals surface area contributed by atoms with Gasteiger partial charge in [0, 0.05) is 25.0 Å². The lowest BCUT2D eigenvalue weighted by molar-refractivity contribution is -0.146.